The monoisotopic (exact) mass is 246 g/mol. The fraction of sp³-hybridized carbons (Fsp3) is 0.214. The van der Waals surface area contributed by atoms with Crippen LogP contribution in [0.1, 0.15) is 16.7 Å². The number of aromatic nitrogens is 1. The van der Waals surface area contributed by atoms with E-state index in [1.165, 1.54) is 11.1 Å². The van der Waals surface area contributed by atoms with Crippen molar-refractivity contribution in [1.29, 1.82) is 0 Å². The maximum atomic E-state index is 6.09. The highest BCUT2D eigenvalue weighted by atomic mass is 35.5. The first-order valence-electron chi connectivity index (χ1n) is 5.61. The van der Waals surface area contributed by atoms with Crippen LogP contribution >= 0.6 is 11.6 Å². The van der Waals surface area contributed by atoms with E-state index in [1.807, 2.05) is 42.7 Å². The maximum absolute atomic E-state index is 6.09. The zero-order valence-corrected chi connectivity index (χ0v) is 10.5. The van der Waals surface area contributed by atoms with Crippen LogP contribution in [-0.2, 0) is 13.1 Å². The molecule has 1 N–H and O–H groups in total. The van der Waals surface area contributed by atoms with Crippen LogP contribution in [0, 0.1) is 6.92 Å². The second kappa shape index (κ2) is 5.80. The molecule has 0 aliphatic carbocycles. The normalized spacial score (nSPS) is 10.5. The van der Waals surface area contributed by atoms with Crippen molar-refractivity contribution in [3.8, 4) is 0 Å². The molecule has 0 radical (unpaired) electrons. The summed E-state index contributed by atoms with van der Waals surface area (Å²) >= 11 is 6.09. The van der Waals surface area contributed by atoms with Crippen molar-refractivity contribution in [2.24, 2.45) is 0 Å². The summed E-state index contributed by atoms with van der Waals surface area (Å²) in [5, 5.41) is 4.20. The predicted molar refractivity (Wildman–Crippen MR) is 71.0 cm³/mol. The number of halogens is 1. The SMILES string of the molecule is Cc1cnccc1CNCc1ccccc1Cl. The number of hydrogen-bond acceptors (Lipinski definition) is 2. The van der Waals surface area contributed by atoms with Crippen molar-refractivity contribution in [1.82, 2.24) is 10.3 Å². The van der Waals surface area contributed by atoms with E-state index in [0.717, 1.165) is 23.7 Å². The predicted octanol–water partition coefficient (Wildman–Crippen LogP) is 3.33. The molecule has 0 fully saturated rings. The first-order valence-corrected chi connectivity index (χ1v) is 5.99. The topological polar surface area (TPSA) is 24.9 Å². The number of nitrogens with one attached hydrogen (secondary N) is 1. The summed E-state index contributed by atoms with van der Waals surface area (Å²) in [7, 11) is 0. The molecule has 88 valence electrons. The lowest BCUT2D eigenvalue weighted by Crippen LogP contribution is -2.13. The Balaban J connectivity index is 1.93. The minimum atomic E-state index is 0.779. The fourth-order valence-electron chi connectivity index (χ4n) is 1.67. The summed E-state index contributed by atoms with van der Waals surface area (Å²) in [5.74, 6) is 0. The number of pyridine rings is 1. The Morgan fingerprint density at radius 3 is 2.65 bits per heavy atom. The van der Waals surface area contributed by atoms with Crippen molar-refractivity contribution >= 4 is 11.6 Å². The molecule has 1 aromatic heterocycles. The molecule has 0 aliphatic heterocycles. The number of hydrogen-bond donors (Lipinski definition) is 1. The van der Waals surface area contributed by atoms with Crippen LogP contribution in [0.15, 0.2) is 42.7 Å². The quantitative estimate of drug-likeness (QED) is 0.895. The second-order valence-corrected chi connectivity index (χ2v) is 4.40. The highest BCUT2D eigenvalue weighted by molar-refractivity contribution is 6.31. The smallest absolute Gasteiger partial charge is 0.0450 e. The summed E-state index contributed by atoms with van der Waals surface area (Å²) < 4.78 is 0. The van der Waals surface area contributed by atoms with E-state index in [9.17, 15) is 0 Å². The van der Waals surface area contributed by atoms with Gasteiger partial charge in [-0.3, -0.25) is 4.98 Å². The van der Waals surface area contributed by atoms with Gasteiger partial charge in [0.05, 0.1) is 0 Å². The van der Waals surface area contributed by atoms with Gasteiger partial charge in [-0.1, -0.05) is 29.8 Å². The van der Waals surface area contributed by atoms with Crippen LogP contribution < -0.4 is 5.32 Å². The highest BCUT2D eigenvalue weighted by Crippen LogP contribution is 2.14. The Morgan fingerprint density at radius 1 is 1.12 bits per heavy atom. The largest absolute Gasteiger partial charge is 0.309 e. The van der Waals surface area contributed by atoms with Gasteiger partial charge in [0.15, 0.2) is 0 Å². The minimum Gasteiger partial charge on any atom is -0.309 e. The number of nitrogens with zero attached hydrogens (tertiary/aromatic N) is 1. The van der Waals surface area contributed by atoms with E-state index < -0.39 is 0 Å². The molecule has 2 rings (SSSR count). The molecule has 17 heavy (non-hydrogen) atoms. The van der Waals surface area contributed by atoms with Crippen molar-refractivity contribution in [3.05, 3.63) is 64.4 Å². The van der Waals surface area contributed by atoms with Gasteiger partial charge in [0.2, 0.25) is 0 Å². The second-order valence-electron chi connectivity index (χ2n) is 4.00. The average molecular weight is 247 g/mol. The molecule has 0 unspecified atom stereocenters. The van der Waals surface area contributed by atoms with E-state index in [1.54, 1.807) is 0 Å². The highest BCUT2D eigenvalue weighted by Gasteiger charge is 2.00. The Labute approximate surface area is 107 Å². The molecular formula is C14H15ClN2. The summed E-state index contributed by atoms with van der Waals surface area (Å²) in [6.07, 6.45) is 3.70. The van der Waals surface area contributed by atoms with Gasteiger partial charge in [0.1, 0.15) is 0 Å². The summed E-state index contributed by atoms with van der Waals surface area (Å²) in [6, 6.07) is 9.93. The van der Waals surface area contributed by atoms with Gasteiger partial charge >= 0.3 is 0 Å². The standard InChI is InChI=1S/C14H15ClN2/c1-11-8-16-7-6-12(11)9-17-10-13-4-2-3-5-14(13)15/h2-8,17H,9-10H2,1H3. The first kappa shape index (κ1) is 12.1. The van der Waals surface area contributed by atoms with Crippen molar-refractivity contribution in [2.75, 3.05) is 0 Å². The number of benzene rings is 1. The first-order chi connectivity index (χ1) is 8.27. The van der Waals surface area contributed by atoms with Crippen molar-refractivity contribution in [3.63, 3.8) is 0 Å². The zero-order chi connectivity index (χ0) is 12.1. The molecule has 0 saturated heterocycles. The zero-order valence-electron chi connectivity index (χ0n) is 9.78. The van der Waals surface area contributed by atoms with E-state index in [4.69, 9.17) is 11.6 Å². The van der Waals surface area contributed by atoms with Gasteiger partial charge in [-0.05, 0) is 35.7 Å². The Kier molecular flexibility index (Phi) is 4.13. The van der Waals surface area contributed by atoms with Crippen LogP contribution in [0.3, 0.4) is 0 Å². The summed E-state index contributed by atoms with van der Waals surface area (Å²) in [4.78, 5) is 4.08. The van der Waals surface area contributed by atoms with Gasteiger partial charge in [0.25, 0.3) is 0 Å². The van der Waals surface area contributed by atoms with E-state index in [2.05, 4.69) is 17.2 Å². The third kappa shape index (κ3) is 3.29. The molecule has 1 heterocycles. The third-order valence-corrected chi connectivity index (χ3v) is 3.09. The molecule has 0 aliphatic rings. The molecular weight excluding hydrogens is 232 g/mol. The molecule has 0 bridgehead atoms. The van der Waals surface area contributed by atoms with E-state index >= 15 is 0 Å². The Morgan fingerprint density at radius 2 is 1.88 bits per heavy atom. The Bertz CT molecular complexity index is 452. The van der Waals surface area contributed by atoms with E-state index in [-0.39, 0.29) is 0 Å². The molecule has 2 nitrogen and oxygen atoms in total. The van der Waals surface area contributed by atoms with Crippen LogP contribution in [-0.4, -0.2) is 4.98 Å². The van der Waals surface area contributed by atoms with Crippen LogP contribution in [0.25, 0.3) is 0 Å². The van der Waals surface area contributed by atoms with Gasteiger partial charge in [-0.15, -0.1) is 0 Å². The van der Waals surface area contributed by atoms with Crippen LogP contribution in [0.4, 0.5) is 0 Å². The van der Waals surface area contributed by atoms with Crippen LogP contribution in [0.5, 0.6) is 0 Å². The van der Waals surface area contributed by atoms with Crippen molar-refractivity contribution in [2.45, 2.75) is 20.0 Å². The molecule has 1 aromatic carbocycles. The molecule has 0 atom stereocenters. The molecule has 3 heteroatoms. The lowest BCUT2D eigenvalue weighted by atomic mass is 10.1. The fourth-order valence-corrected chi connectivity index (χ4v) is 1.88. The Hall–Kier alpha value is -1.38. The van der Waals surface area contributed by atoms with E-state index in [0.29, 0.717) is 0 Å². The lowest BCUT2D eigenvalue weighted by Gasteiger charge is -2.08. The van der Waals surface area contributed by atoms with Crippen LogP contribution in [0.2, 0.25) is 5.02 Å². The number of rotatable bonds is 4. The summed E-state index contributed by atoms with van der Waals surface area (Å²) in [5.41, 5.74) is 3.60. The third-order valence-electron chi connectivity index (χ3n) is 2.73. The average Bonchev–Trinajstić information content (AvgIpc) is 2.34. The van der Waals surface area contributed by atoms with Gasteiger partial charge in [-0.25, -0.2) is 0 Å². The molecule has 0 spiro atoms. The van der Waals surface area contributed by atoms with Gasteiger partial charge in [-0.2, -0.15) is 0 Å². The lowest BCUT2D eigenvalue weighted by molar-refractivity contribution is 0.690. The van der Waals surface area contributed by atoms with Gasteiger partial charge < -0.3 is 5.32 Å². The summed E-state index contributed by atoms with van der Waals surface area (Å²) in [6.45, 7) is 3.68. The maximum Gasteiger partial charge on any atom is 0.0450 e. The minimum absolute atomic E-state index is 0.779. The number of aryl methyl sites for hydroxylation is 1. The molecule has 2 aromatic rings. The van der Waals surface area contributed by atoms with Crippen molar-refractivity contribution < 1.29 is 0 Å². The molecule has 0 amide bonds. The molecule has 0 saturated carbocycles. The van der Waals surface area contributed by atoms with Gasteiger partial charge in [0, 0.05) is 30.5 Å².